The topological polar surface area (TPSA) is 72.2 Å². The van der Waals surface area contributed by atoms with Crippen molar-refractivity contribution in [1.29, 1.82) is 0 Å². The number of benzene rings is 1. The zero-order valence-corrected chi connectivity index (χ0v) is 10.0. The van der Waals surface area contributed by atoms with Crippen molar-refractivity contribution in [3.05, 3.63) is 34.1 Å². The molecule has 4 nitrogen and oxygen atoms in total. The quantitative estimate of drug-likeness (QED) is 0.877. The number of primary amides is 1. The average Bonchev–Trinajstić information content (AvgIpc) is 2.21. The van der Waals surface area contributed by atoms with Gasteiger partial charge >= 0.3 is 0 Å². The van der Waals surface area contributed by atoms with Gasteiger partial charge < -0.3 is 11.1 Å². The third kappa shape index (κ3) is 3.03. The Bertz CT molecular complexity index is 437. The van der Waals surface area contributed by atoms with Crippen LogP contribution in [0.4, 0.5) is 4.39 Å². The van der Waals surface area contributed by atoms with E-state index in [2.05, 4.69) is 21.2 Å². The van der Waals surface area contributed by atoms with Gasteiger partial charge in [-0.15, -0.1) is 0 Å². The average molecular weight is 289 g/mol. The van der Waals surface area contributed by atoms with E-state index in [1.54, 1.807) is 0 Å². The van der Waals surface area contributed by atoms with Gasteiger partial charge in [-0.25, -0.2) is 4.39 Å². The number of nitrogens with one attached hydrogen (secondary N) is 1. The van der Waals surface area contributed by atoms with Crippen LogP contribution in [0.2, 0.25) is 0 Å². The van der Waals surface area contributed by atoms with Gasteiger partial charge in [0.2, 0.25) is 5.91 Å². The first-order chi connectivity index (χ1) is 7.41. The minimum Gasteiger partial charge on any atom is -0.368 e. The smallest absolute Gasteiger partial charge is 0.253 e. The Hall–Kier alpha value is -1.43. The Morgan fingerprint density at radius 2 is 2.12 bits per heavy atom. The molecule has 6 heteroatoms. The van der Waals surface area contributed by atoms with Gasteiger partial charge in [0.05, 0.1) is 5.56 Å². The second kappa shape index (κ2) is 5.07. The molecule has 0 spiro atoms. The molecular weight excluding hydrogens is 279 g/mol. The molecule has 0 saturated carbocycles. The Labute approximate surface area is 100 Å². The van der Waals surface area contributed by atoms with Crippen molar-refractivity contribution in [1.82, 2.24) is 5.32 Å². The summed E-state index contributed by atoms with van der Waals surface area (Å²) in [6.07, 6.45) is 0. The molecule has 1 aromatic carbocycles. The van der Waals surface area contributed by atoms with Crippen LogP contribution in [0.5, 0.6) is 0 Å². The fourth-order valence-corrected chi connectivity index (χ4v) is 1.44. The molecule has 0 aromatic heterocycles. The molecule has 0 fully saturated rings. The highest BCUT2D eigenvalue weighted by Crippen LogP contribution is 2.17. The monoisotopic (exact) mass is 288 g/mol. The number of amides is 2. The molecule has 0 aliphatic rings. The Morgan fingerprint density at radius 1 is 1.50 bits per heavy atom. The van der Waals surface area contributed by atoms with Gasteiger partial charge in [-0.3, -0.25) is 9.59 Å². The summed E-state index contributed by atoms with van der Waals surface area (Å²) in [6, 6.07) is 2.91. The highest BCUT2D eigenvalue weighted by Gasteiger charge is 2.16. The van der Waals surface area contributed by atoms with Crippen molar-refractivity contribution in [2.45, 2.75) is 13.0 Å². The zero-order valence-electron chi connectivity index (χ0n) is 8.46. The normalized spacial score (nSPS) is 11.9. The van der Waals surface area contributed by atoms with E-state index in [1.807, 2.05) is 0 Å². The standard InChI is InChI=1S/C10H10BrFN2O2/c1-5(9(13)15)14-10(16)7-4-6(12)2-3-8(7)11/h2-5H,1H3,(H2,13,15)(H,14,16)/t5-/m1/s1. The lowest BCUT2D eigenvalue weighted by molar-refractivity contribution is -0.119. The summed E-state index contributed by atoms with van der Waals surface area (Å²) in [4.78, 5) is 22.4. The van der Waals surface area contributed by atoms with Crippen LogP contribution in [0.1, 0.15) is 17.3 Å². The third-order valence-electron chi connectivity index (χ3n) is 1.95. The van der Waals surface area contributed by atoms with Gasteiger partial charge in [-0.05, 0) is 41.1 Å². The maximum absolute atomic E-state index is 12.9. The van der Waals surface area contributed by atoms with Crippen LogP contribution in [0.3, 0.4) is 0 Å². The van der Waals surface area contributed by atoms with Crippen LogP contribution < -0.4 is 11.1 Å². The van der Waals surface area contributed by atoms with Crippen LogP contribution in [0.25, 0.3) is 0 Å². The first-order valence-electron chi connectivity index (χ1n) is 4.47. The maximum atomic E-state index is 12.9. The summed E-state index contributed by atoms with van der Waals surface area (Å²) < 4.78 is 13.4. The van der Waals surface area contributed by atoms with Crippen molar-refractivity contribution in [3.8, 4) is 0 Å². The number of carbonyl (C=O) groups excluding carboxylic acids is 2. The van der Waals surface area contributed by atoms with Crippen LogP contribution >= 0.6 is 15.9 Å². The first-order valence-corrected chi connectivity index (χ1v) is 5.26. The summed E-state index contributed by atoms with van der Waals surface area (Å²) in [5.74, 6) is -1.74. The first kappa shape index (κ1) is 12.6. The van der Waals surface area contributed by atoms with Crippen LogP contribution in [-0.2, 0) is 4.79 Å². The molecule has 0 unspecified atom stereocenters. The van der Waals surface area contributed by atoms with E-state index in [0.717, 1.165) is 6.07 Å². The maximum Gasteiger partial charge on any atom is 0.253 e. The van der Waals surface area contributed by atoms with Gasteiger partial charge in [-0.1, -0.05) is 0 Å². The molecule has 0 radical (unpaired) electrons. The van der Waals surface area contributed by atoms with Crippen LogP contribution in [-0.4, -0.2) is 17.9 Å². The molecule has 3 N–H and O–H groups in total. The van der Waals surface area contributed by atoms with Crippen molar-refractivity contribution in [2.24, 2.45) is 5.73 Å². The van der Waals surface area contributed by atoms with Crippen molar-refractivity contribution < 1.29 is 14.0 Å². The lowest BCUT2D eigenvalue weighted by Gasteiger charge is -2.11. The summed E-state index contributed by atoms with van der Waals surface area (Å²) in [6.45, 7) is 1.45. The molecule has 2 amide bonds. The summed E-state index contributed by atoms with van der Waals surface area (Å²) in [5.41, 5.74) is 5.11. The predicted molar refractivity (Wildman–Crippen MR) is 60.2 cm³/mol. The second-order valence-electron chi connectivity index (χ2n) is 3.22. The molecule has 16 heavy (non-hydrogen) atoms. The second-order valence-corrected chi connectivity index (χ2v) is 4.08. The minimum absolute atomic E-state index is 0.119. The Kier molecular flexibility index (Phi) is 4.00. The van der Waals surface area contributed by atoms with E-state index in [-0.39, 0.29) is 5.56 Å². The van der Waals surface area contributed by atoms with E-state index in [1.165, 1.54) is 19.1 Å². The molecule has 0 saturated heterocycles. The van der Waals surface area contributed by atoms with Crippen molar-refractivity contribution in [2.75, 3.05) is 0 Å². The molecule has 0 bridgehead atoms. The number of rotatable bonds is 3. The lowest BCUT2D eigenvalue weighted by atomic mass is 10.2. The lowest BCUT2D eigenvalue weighted by Crippen LogP contribution is -2.42. The summed E-state index contributed by atoms with van der Waals surface area (Å²) >= 11 is 3.11. The van der Waals surface area contributed by atoms with Gasteiger partial charge in [0, 0.05) is 4.47 Å². The van der Waals surface area contributed by atoms with Gasteiger partial charge in [0.15, 0.2) is 0 Å². The number of hydrogen-bond donors (Lipinski definition) is 2. The van der Waals surface area contributed by atoms with E-state index < -0.39 is 23.7 Å². The molecule has 0 aliphatic heterocycles. The molecule has 86 valence electrons. The Morgan fingerprint density at radius 3 is 2.69 bits per heavy atom. The summed E-state index contributed by atoms with van der Waals surface area (Å²) in [5, 5.41) is 2.35. The number of carbonyl (C=O) groups is 2. The molecule has 1 aromatic rings. The Balaban J connectivity index is 2.88. The zero-order chi connectivity index (χ0) is 12.3. The van der Waals surface area contributed by atoms with Gasteiger partial charge in [0.1, 0.15) is 11.9 Å². The largest absolute Gasteiger partial charge is 0.368 e. The van der Waals surface area contributed by atoms with Crippen molar-refractivity contribution >= 4 is 27.7 Å². The van der Waals surface area contributed by atoms with E-state index >= 15 is 0 Å². The molecule has 0 aliphatic carbocycles. The molecule has 1 rings (SSSR count). The predicted octanol–water partition coefficient (Wildman–Crippen LogP) is 1.19. The minimum atomic E-state index is -0.803. The molecular formula is C10H10BrFN2O2. The van der Waals surface area contributed by atoms with E-state index in [9.17, 15) is 14.0 Å². The highest BCUT2D eigenvalue weighted by molar-refractivity contribution is 9.10. The fraction of sp³-hybridized carbons (Fsp3) is 0.200. The van der Waals surface area contributed by atoms with Crippen LogP contribution in [0.15, 0.2) is 22.7 Å². The number of nitrogens with two attached hydrogens (primary N) is 1. The van der Waals surface area contributed by atoms with Gasteiger partial charge in [0.25, 0.3) is 5.91 Å². The number of halogens is 2. The SMILES string of the molecule is C[C@@H](NC(=O)c1cc(F)ccc1Br)C(N)=O. The fourth-order valence-electron chi connectivity index (χ4n) is 1.02. The van der Waals surface area contributed by atoms with E-state index in [0.29, 0.717) is 4.47 Å². The molecule has 1 atom stereocenters. The van der Waals surface area contributed by atoms with E-state index in [4.69, 9.17) is 5.73 Å². The highest BCUT2D eigenvalue weighted by atomic mass is 79.9. The van der Waals surface area contributed by atoms with Gasteiger partial charge in [-0.2, -0.15) is 0 Å². The summed E-state index contributed by atoms with van der Waals surface area (Å²) in [7, 11) is 0. The molecule has 0 heterocycles. The third-order valence-corrected chi connectivity index (χ3v) is 2.64. The van der Waals surface area contributed by atoms with Crippen LogP contribution in [0, 0.1) is 5.82 Å². The van der Waals surface area contributed by atoms with Crippen molar-refractivity contribution in [3.63, 3.8) is 0 Å². The number of hydrogen-bond acceptors (Lipinski definition) is 2.